The van der Waals surface area contributed by atoms with E-state index in [1.54, 1.807) is 7.11 Å². The topological polar surface area (TPSA) is 52.1 Å². The molecular weight excluding hydrogens is 441 g/mol. The number of nitrogens with one attached hydrogen (secondary N) is 2. The van der Waals surface area contributed by atoms with Crippen molar-refractivity contribution in [2.75, 3.05) is 53.0 Å². The summed E-state index contributed by atoms with van der Waals surface area (Å²) >= 11 is 0. The molecule has 2 fully saturated rings. The molecule has 0 bridgehead atoms. The van der Waals surface area contributed by atoms with E-state index in [2.05, 4.69) is 48.1 Å². The van der Waals surface area contributed by atoms with Crippen molar-refractivity contribution in [2.45, 2.75) is 58.7 Å². The van der Waals surface area contributed by atoms with Gasteiger partial charge >= 0.3 is 0 Å². The van der Waals surface area contributed by atoms with Gasteiger partial charge in [0.15, 0.2) is 5.96 Å². The fourth-order valence-corrected chi connectivity index (χ4v) is 3.91. The summed E-state index contributed by atoms with van der Waals surface area (Å²) in [5.74, 6) is 1.62. The van der Waals surface area contributed by atoms with E-state index in [1.807, 2.05) is 0 Å². The van der Waals surface area contributed by atoms with Gasteiger partial charge in [-0.1, -0.05) is 6.92 Å². The first-order chi connectivity index (χ1) is 12.0. The number of guanidine groups is 1. The fourth-order valence-electron chi connectivity index (χ4n) is 3.91. The molecule has 0 aromatic rings. The summed E-state index contributed by atoms with van der Waals surface area (Å²) in [6.07, 6.45) is 2.52. The third-order valence-corrected chi connectivity index (χ3v) is 5.58. The second-order valence-electron chi connectivity index (χ2n) is 7.82. The molecule has 2 N–H and O–H groups in total. The lowest BCUT2D eigenvalue weighted by molar-refractivity contribution is 0.142. The minimum Gasteiger partial charge on any atom is -0.383 e. The van der Waals surface area contributed by atoms with Crippen LogP contribution in [-0.4, -0.2) is 86.9 Å². The Kier molecular flexibility index (Phi) is 11.4. The van der Waals surface area contributed by atoms with E-state index in [-0.39, 0.29) is 24.0 Å². The first-order valence-corrected chi connectivity index (χ1v) is 10.1. The van der Waals surface area contributed by atoms with Gasteiger partial charge in [0, 0.05) is 51.4 Å². The van der Waals surface area contributed by atoms with E-state index in [0.717, 1.165) is 38.7 Å². The Labute approximate surface area is 177 Å². The molecule has 2 heterocycles. The maximum Gasteiger partial charge on any atom is 0.191 e. The summed E-state index contributed by atoms with van der Waals surface area (Å²) in [4.78, 5) is 9.99. The highest BCUT2D eigenvalue weighted by molar-refractivity contribution is 14.0. The number of aliphatic imine (C=N–C) groups is 1. The average Bonchev–Trinajstić information content (AvgIpc) is 3.17. The Hall–Kier alpha value is -0.120. The third kappa shape index (κ3) is 7.13. The summed E-state index contributed by atoms with van der Waals surface area (Å²) in [6, 6.07) is 1.65. The summed E-state index contributed by atoms with van der Waals surface area (Å²) < 4.78 is 5.24. The zero-order valence-electron chi connectivity index (χ0n) is 17.3. The molecule has 2 aliphatic heterocycles. The van der Waals surface area contributed by atoms with Gasteiger partial charge in [-0.05, 0) is 46.1 Å². The molecule has 0 radical (unpaired) electrons. The largest absolute Gasteiger partial charge is 0.383 e. The molecule has 0 aromatic heterocycles. The van der Waals surface area contributed by atoms with Crippen molar-refractivity contribution in [3.63, 3.8) is 0 Å². The highest BCUT2D eigenvalue weighted by Gasteiger charge is 2.31. The van der Waals surface area contributed by atoms with Crippen molar-refractivity contribution in [1.82, 2.24) is 20.4 Å². The standard InChI is InChI=1S/C19H39N5O.HI/c1-6-20-19(22-18-14-24(15(2)3)13-16(18)4)21-12-17-8-7-9-23(17)10-11-25-5;/h15-18H,6-14H2,1-5H3,(H2,20,21,22);1H. The van der Waals surface area contributed by atoms with Gasteiger partial charge in [0.1, 0.15) is 0 Å². The number of methoxy groups -OCH3 is 1. The maximum atomic E-state index is 5.24. The van der Waals surface area contributed by atoms with Gasteiger partial charge in [-0.15, -0.1) is 24.0 Å². The van der Waals surface area contributed by atoms with Crippen LogP contribution in [0.5, 0.6) is 0 Å². The second kappa shape index (κ2) is 12.4. The van der Waals surface area contributed by atoms with Crippen LogP contribution in [0.1, 0.15) is 40.5 Å². The molecule has 2 saturated heterocycles. The van der Waals surface area contributed by atoms with Gasteiger partial charge in [0.2, 0.25) is 0 Å². The van der Waals surface area contributed by atoms with Crippen LogP contribution in [0, 0.1) is 5.92 Å². The van der Waals surface area contributed by atoms with E-state index in [9.17, 15) is 0 Å². The quantitative estimate of drug-likeness (QED) is 0.316. The lowest BCUT2D eigenvalue weighted by atomic mass is 10.1. The zero-order chi connectivity index (χ0) is 18.2. The van der Waals surface area contributed by atoms with Crippen LogP contribution >= 0.6 is 24.0 Å². The Morgan fingerprint density at radius 3 is 2.69 bits per heavy atom. The molecule has 0 saturated carbocycles. The van der Waals surface area contributed by atoms with Crippen molar-refractivity contribution in [3.8, 4) is 0 Å². The molecule has 0 aromatic carbocycles. The van der Waals surface area contributed by atoms with E-state index in [1.165, 1.54) is 25.9 Å². The van der Waals surface area contributed by atoms with E-state index in [0.29, 0.717) is 24.0 Å². The van der Waals surface area contributed by atoms with E-state index in [4.69, 9.17) is 9.73 Å². The van der Waals surface area contributed by atoms with Crippen LogP contribution in [0.25, 0.3) is 0 Å². The normalized spacial score (nSPS) is 27.8. The number of hydrogen-bond acceptors (Lipinski definition) is 4. The van der Waals surface area contributed by atoms with Crippen LogP contribution in [0.3, 0.4) is 0 Å². The smallest absolute Gasteiger partial charge is 0.191 e. The van der Waals surface area contributed by atoms with Gasteiger partial charge in [0.05, 0.1) is 13.2 Å². The Balaban J connectivity index is 0.00000338. The first-order valence-electron chi connectivity index (χ1n) is 10.1. The van der Waals surface area contributed by atoms with Gasteiger partial charge < -0.3 is 15.4 Å². The minimum absolute atomic E-state index is 0. The molecule has 0 spiro atoms. The summed E-state index contributed by atoms with van der Waals surface area (Å²) in [7, 11) is 1.78. The molecule has 3 unspecified atom stereocenters. The number of hydrogen-bond donors (Lipinski definition) is 2. The number of likely N-dealkylation sites (tertiary alicyclic amines) is 2. The number of ether oxygens (including phenoxy) is 1. The van der Waals surface area contributed by atoms with Gasteiger partial charge in [-0.3, -0.25) is 14.8 Å². The second-order valence-corrected chi connectivity index (χ2v) is 7.82. The molecule has 2 rings (SSSR count). The van der Waals surface area contributed by atoms with Crippen molar-refractivity contribution in [2.24, 2.45) is 10.9 Å². The predicted molar refractivity (Wildman–Crippen MR) is 121 cm³/mol. The fraction of sp³-hybridized carbons (Fsp3) is 0.947. The minimum atomic E-state index is 0. The Morgan fingerprint density at radius 2 is 2.08 bits per heavy atom. The molecule has 6 nitrogen and oxygen atoms in total. The van der Waals surface area contributed by atoms with Crippen LogP contribution in [-0.2, 0) is 4.74 Å². The SMILES string of the molecule is CCNC(=NCC1CCCN1CCOC)NC1CN(C(C)C)CC1C.I. The lowest BCUT2D eigenvalue weighted by Gasteiger charge is -2.24. The van der Waals surface area contributed by atoms with Crippen molar-refractivity contribution < 1.29 is 4.74 Å². The average molecular weight is 481 g/mol. The number of rotatable bonds is 8. The third-order valence-electron chi connectivity index (χ3n) is 5.58. The number of halogens is 1. The van der Waals surface area contributed by atoms with E-state index >= 15 is 0 Å². The Morgan fingerprint density at radius 1 is 1.31 bits per heavy atom. The highest BCUT2D eigenvalue weighted by atomic mass is 127. The molecule has 154 valence electrons. The lowest BCUT2D eigenvalue weighted by Crippen LogP contribution is -2.47. The Bertz CT molecular complexity index is 421. The molecule has 0 aliphatic carbocycles. The van der Waals surface area contributed by atoms with Gasteiger partial charge in [0.25, 0.3) is 0 Å². The van der Waals surface area contributed by atoms with Crippen LogP contribution in [0.4, 0.5) is 0 Å². The summed E-state index contributed by atoms with van der Waals surface area (Å²) in [6.45, 7) is 16.1. The molecule has 3 atom stereocenters. The monoisotopic (exact) mass is 481 g/mol. The van der Waals surface area contributed by atoms with Gasteiger partial charge in [-0.25, -0.2) is 0 Å². The molecule has 0 amide bonds. The maximum absolute atomic E-state index is 5.24. The predicted octanol–water partition coefficient (Wildman–Crippen LogP) is 2.00. The van der Waals surface area contributed by atoms with E-state index < -0.39 is 0 Å². The molecule has 2 aliphatic rings. The van der Waals surface area contributed by atoms with Crippen LogP contribution in [0.2, 0.25) is 0 Å². The molecule has 7 heteroatoms. The number of nitrogens with zero attached hydrogens (tertiary/aromatic N) is 3. The van der Waals surface area contributed by atoms with Crippen molar-refractivity contribution in [1.29, 1.82) is 0 Å². The molecule has 26 heavy (non-hydrogen) atoms. The van der Waals surface area contributed by atoms with Crippen LogP contribution < -0.4 is 10.6 Å². The molecular formula is C19H40IN5O. The highest BCUT2D eigenvalue weighted by Crippen LogP contribution is 2.19. The van der Waals surface area contributed by atoms with Crippen LogP contribution in [0.15, 0.2) is 4.99 Å². The van der Waals surface area contributed by atoms with Crippen molar-refractivity contribution >= 4 is 29.9 Å². The van der Waals surface area contributed by atoms with Gasteiger partial charge in [-0.2, -0.15) is 0 Å². The first kappa shape index (κ1) is 23.9. The summed E-state index contributed by atoms with van der Waals surface area (Å²) in [5, 5.41) is 7.12. The summed E-state index contributed by atoms with van der Waals surface area (Å²) in [5.41, 5.74) is 0. The van der Waals surface area contributed by atoms with Crippen molar-refractivity contribution in [3.05, 3.63) is 0 Å². The zero-order valence-corrected chi connectivity index (χ0v) is 19.7.